The van der Waals surface area contributed by atoms with Crippen molar-refractivity contribution >= 4 is 6.21 Å². The van der Waals surface area contributed by atoms with Crippen molar-refractivity contribution in [3.63, 3.8) is 0 Å². The zero-order valence-electron chi connectivity index (χ0n) is 20.0. The minimum absolute atomic E-state index is 0.0198. The fraction of sp³-hybridized carbons (Fsp3) is 0.519. The Bertz CT molecular complexity index is 815. The van der Waals surface area contributed by atoms with Gasteiger partial charge in [-0.15, -0.1) is 17.1 Å². The number of ether oxygens (including phenoxy) is 2. The second-order valence-corrected chi connectivity index (χ2v) is 8.89. The van der Waals surface area contributed by atoms with Gasteiger partial charge in [0.15, 0.2) is 23.2 Å². The van der Waals surface area contributed by atoms with Crippen molar-refractivity contribution in [2.24, 2.45) is 10.9 Å². The second kappa shape index (κ2) is 12.0. The first-order chi connectivity index (χ1) is 15.5. The van der Waals surface area contributed by atoms with E-state index in [1.54, 1.807) is 6.07 Å². The molecule has 5 nitrogen and oxygen atoms in total. The van der Waals surface area contributed by atoms with Crippen molar-refractivity contribution in [2.45, 2.75) is 71.9 Å². The molecule has 0 fully saturated rings. The van der Waals surface area contributed by atoms with E-state index in [2.05, 4.69) is 56.2 Å². The second-order valence-electron chi connectivity index (χ2n) is 8.89. The first kappa shape index (κ1) is 24.3. The molecule has 0 bridgehead atoms. The van der Waals surface area contributed by atoms with Gasteiger partial charge in [0.1, 0.15) is 30.9 Å². The van der Waals surface area contributed by atoms with Crippen LogP contribution in [-0.2, 0) is 6.42 Å². The number of hydrogen-bond donors (Lipinski definition) is 2. The van der Waals surface area contributed by atoms with E-state index < -0.39 is 0 Å². The summed E-state index contributed by atoms with van der Waals surface area (Å²) in [6.07, 6.45) is 15.3. The lowest BCUT2D eigenvalue weighted by Gasteiger charge is -2.18. The van der Waals surface area contributed by atoms with Gasteiger partial charge in [-0.05, 0) is 57.4 Å². The molecule has 1 unspecified atom stereocenters. The van der Waals surface area contributed by atoms with E-state index >= 15 is 0 Å². The summed E-state index contributed by atoms with van der Waals surface area (Å²) in [6.45, 7) is 9.85. The molecule has 2 aliphatic rings. The number of nitrogens with one attached hydrogen (secondary N) is 1. The lowest BCUT2D eigenvalue weighted by molar-refractivity contribution is -0.0480. The summed E-state index contributed by atoms with van der Waals surface area (Å²) in [7, 11) is 0. The zero-order valence-corrected chi connectivity index (χ0v) is 20.0. The van der Waals surface area contributed by atoms with Crippen molar-refractivity contribution in [2.75, 3.05) is 13.2 Å². The first-order valence-electron chi connectivity index (χ1n) is 12.1. The molecule has 2 aliphatic heterocycles. The summed E-state index contributed by atoms with van der Waals surface area (Å²) in [4.78, 5) is 4.58. The maximum atomic E-state index is 10.3. The predicted molar refractivity (Wildman–Crippen MR) is 132 cm³/mol. The molecule has 0 saturated heterocycles. The van der Waals surface area contributed by atoms with Crippen LogP contribution in [0, 0.1) is 17.9 Å². The maximum Gasteiger partial charge on any atom is 0.196 e. The van der Waals surface area contributed by atoms with Crippen LogP contribution in [0.3, 0.4) is 0 Å². The summed E-state index contributed by atoms with van der Waals surface area (Å²) >= 11 is 0. The molecule has 0 spiro atoms. The standard InChI is InChI=1S/C27H38N2O3/c1-5-7-8-22-12-13-23(32-22)11-9-20-10-14-26(30)27(15-20)31-18-25(28-6-2)24-16-21(17-29-24)19(3)4/h10,12-17,19,22,25,28,32H,5-9,11,18H2,1-4H3/p+1/t22?,25-/m0/s1. The van der Waals surface area contributed by atoms with Crippen molar-refractivity contribution in [3.05, 3.63) is 59.7 Å². The number of aryl methyl sites for hydroxylation is 1. The Morgan fingerprint density at radius 3 is 2.88 bits per heavy atom. The van der Waals surface area contributed by atoms with Gasteiger partial charge in [0.05, 0.1) is 6.10 Å². The highest BCUT2D eigenvalue weighted by atomic mass is 16.5. The van der Waals surface area contributed by atoms with Gasteiger partial charge in [0.2, 0.25) is 0 Å². The molecule has 174 valence electrons. The Hall–Kier alpha value is -2.37. The number of aliphatic imine (C=N–C) groups is 1. The Kier molecular flexibility index (Phi) is 9.12. The molecular formula is C27H39N2O3+. The van der Waals surface area contributed by atoms with Crippen LogP contribution in [0.5, 0.6) is 11.5 Å². The van der Waals surface area contributed by atoms with Crippen molar-refractivity contribution in [1.82, 2.24) is 5.32 Å². The van der Waals surface area contributed by atoms with Crippen molar-refractivity contribution < 1.29 is 14.6 Å². The van der Waals surface area contributed by atoms with Crippen LogP contribution < -0.4 is 10.1 Å². The molecule has 2 atom stereocenters. The third kappa shape index (κ3) is 6.81. The van der Waals surface area contributed by atoms with Gasteiger partial charge in [-0.25, -0.2) is 0 Å². The molecular weight excluding hydrogens is 400 g/mol. The van der Waals surface area contributed by atoms with Gasteiger partial charge >= 0.3 is 0 Å². The Morgan fingerprint density at radius 1 is 1.31 bits per heavy atom. The van der Waals surface area contributed by atoms with Gasteiger partial charge in [-0.3, -0.25) is 5.32 Å². The molecule has 1 aromatic carbocycles. The fourth-order valence-electron chi connectivity index (χ4n) is 3.91. The molecule has 0 radical (unpaired) electrons. The molecule has 0 aromatic heterocycles. The quantitative estimate of drug-likeness (QED) is 0.333. The lowest BCUT2D eigenvalue weighted by atomic mass is 9.97. The van der Waals surface area contributed by atoms with Gasteiger partial charge < -0.3 is 14.6 Å². The Morgan fingerprint density at radius 2 is 2.16 bits per heavy atom. The summed E-state index contributed by atoms with van der Waals surface area (Å²) in [5, 5.41) is 13.8. The lowest BCUT2D eigenvalue weighted by Crippen LogP contribution is -2.35. The Labute approximate surface area is 193 Å². The summed E-state index contributed by atoms with van der Waals surface area (Å²) in [5.41, 5.74) is 2.12. The Balaban J connectivity index is 1.54. The number of phenolic OH excluding ortho intramolecular Hbond substituents is 1. The van der Waals surface area contributed by atoms with Gasteiger partial charge in [-0.2, -0.15) is 0 Å². The fourth-order valence-corrected chi connectivity index (χ4v) is 3.91. The predicted octanol–water partition coefficient (Wildman–Crippen LogP) is 5.07. The number of rotatable bonds is 13. The molecule has 3 N–H and O–H groups in total. The van der Waals surface area contributed by atoms with E-state index in [1.165, 1.54) is 18.8 Å². The topological polar surface area (TPSA) is 66.7 Å². The van der Waals surface area contributed by atoms with E-state index in [1.807, 2.05) is 18.3 Å². The highest BCUT2D eigenvalue weighted by molar-refractivity contribution is 5.83. The van der Waals surface area contributed by atoms with Gasteiger partial charge in [0, 0.05) is 12.3 Å². The number of phenols is 1. The van der Waals surface area contributed by atoms with Crippen LogP contribution in [0.25, 0.3) is 0 Å². The van der Waals surface area contributed by atoms with Crippen LogP contribution in [0.1, 0.15) is 58.9 Å². The smallest absolute Gasteiger partial charge is 0.196 e. The third-order valence-electron chi connectivity index (χ3n) is 5.95. The normalized spacial score (nSPS) is 18.7. The number of unbranched alkanes of at least 4 members (excludes halogenated alkanes) is 1. The maximum absolute atomic E-state index is 10.3. The number of nitrogens with zero attached hydrogens (tertiary/aromatic N) is 1. The molecule has 32 heavy (non-hydrogen) atoms. The average Bonchev–Trinajstić information content (AvgIpc) is 3.45. The average molecular weight is 440 g/mol. The van der Waals surface area contributed by atoms with Crippen molar-refractivity contribution in [3.8, 4) is 11.5 Å². The van der Waals surface area contributed by atoms with Crippen LogP contribution >= 0.6 is 0 Å². The minimum Gasteiger partial charge on any atom is -0.504 e. The number of hydrogen-bond acceptors (Lipinski definition) is 4. The summed E-state index contributed by atoms with van der Waals surface area (Å²) in [6, 6.07) is 5.62. The summed E-state index contributed by atoms with van der Waals surface area (Å²) < 4.78 is 10.9. The number of benzene rings is 1. The highest BCUT2D eigenvalue weighted by Crippen LogP contribution is 2.30. The van der Waals surface area contributed by atoms with E-state index in [9.17, 15) is 5.11 Å². The van der Waals surface area contributed by atoms with Gasteiger partial charge in [-0.1, -0.05) is 26.3 Å². The molecule has 0 amide bonds. The largest absolute Gasteiger partial charge is 0.504 e. The number of likely N-dealkylation sites (N-methyl/N-ethyl adjacent to an activating group) is 1. The monoisotopic (exact) mass is 439 g/mol. The van der Waals surface area contributed by atoms with E-state index in [4.69, 9.17) is 9.47 Å². The first-order valence-corrected chi connectivity index (χ1v) is 12.1. The van der Waals surface area contributed by atoms with E-state index in [-0.39, 0.29) is 11.8 Å². The number of aliphatic hydroxyl groups is 2. The molecule has 2 heterocycles. The molecule has 0 aliphatic carbocycles. The molecule has 1 aromatic rings. The van der Waals surface area contributed by atoms with E-state index in [0.717, 1.165) is 43.2 Å². The SMILES string of the molecule is CCCCC1C=C[C-](CCc2ccc(O)c(OC[C@H](NCC)C3=C[C+](C(C)C)C=N3)c2)[OH+]1. The summed E-state index contributed by atoms with van der Waals surface area (Å²) in [5.74, 6) is 2.36. The molecule has 5 heteroatoms. The van der Waals surface area contributed by atoms with Gasteiger partial charge in [0.25, 0.3) is 0 Å². The highest BCUT2D eigenvalue weighted by Gasteiger charge is 2.30. The van der Waals surface area contributed by atoms with E-state index in [0.29, 0.717) is 24.4 Å². The number of allylic oxidation sites excluding steroid dienone is 1. The third-order valence-corrected chi connectivity index (χ3v) is 5.95. The van der Waals surface area contributed by atoms with Crippen LogP contribution in [0.4, 0.5) is 0 Å². The molecule has 0 saturated carbocycles. The van der Waals surface area contributed by atoms with Crippen LogP contribution in [-0.4, -0.2) is 41.4 Å². The van der Waals surface area contributed by atoms with Crippen LogP contribution in [0.15, 0.2) is 47.1 Å². The molecule has 3 rings (SSSR count). The zero-order chi connectivity index (χ0) is 22.9. The van der Waals surface area contributed by atoms with Crippen molar-refractivity contribution in [1.29, 1.82) is 0 Å². The number of aromatic hydroxyl groups is 1. The minimum atomic E-state index is -0.0198. The van der Waals surface area contributed by atoms with Crippen LogP contribution in [0.2, 0.25) is 0 Å².